The van der Waals surface area contributed by atoms with Gasteiger partial charge in [0.2, 0.25) is 5.52 Å². The molecule has 1 aromatic heterocycles. The zero-order valence-electron chi connectivity index (χ0n) is 21.8. The van der Waals surface area contributed by atoms with Crippen LogP contribution in [0.3, 0.4) is 0 Å². The third-order valence-corrected chi connectivity index (χ3v) is 7.19. The predicted molar refractivity (Wildman–Crippen MR) is 142 cm³/mol. The Morgan fingerprint density at radius 2 is 1.67 bits per heavy atom. The highest BCUT2D eigenvalue weighted by Crippen LogP contribution is 2.34. The Bertz CT molecular complexity index is 1700. The fourth-order valence-corrected chi connectivity index (χ4v) is 5.22. The van der Waals surface area contributed by atoms with E-state index in [4.69, 9.17) is 14.2 Å². The third kappa shape index (κ3) is 5.64. The molecule has 1 N–H and O–H groups in total. The summed E-state index contributed by atoms with van der Waals surface area (Å²) in [6, 6.07) is 13.1. The van der Waals surface area contributed by atoms with Crippen molar-refractivity contribution < 1.29 is 46.4 Å². The van der Waals surface area contributed by atoms with Gasteiger partial charge in [0.25, 0.3) is 5.52 Å². The van der Waals surface area contributed by atoms with Crippen LogP contribution in [0.4, 0.5) is 0 Å². The summed E-state index contributed by atoms with van der Waals surface area (Å²) in [6.07, 6.45) is 0.0445. The van der Waals surface area contributed by atoms with E-state index in [0.29, 0.717) is 44.4 Å². The van der Waals surface area contributed by atoms with Gasteiger partial charge >= 0.3 is 11.9 Å². The largest absolute Gasteiger partial charge is 0.748 e. The summed E-state index contributed by atoms with van der Waals surface area (Å²) in [5.41, 5.74) is 2.34. The smallest absolute Gasteiger partial charge is 0.345 e. The molecule has 0 aliphatic heterocycles. The van der Waals surface area contributed by atoms with Gasteiger partial charge in [-0.2, -0.15) is 4.57 Å². The highest BCUT2D eigenvalue weighted by Gasteiger charge is 2.29. The van der Waals surface area contributed by atoms with Gasteiger partial charge < -0.3 is 23.9 Å². The second kappa shape index (κ2) is 10.9. The summed E-state index contributed by atoms with van der Waals surface area (Å²) in [6.45, 7) is 3.48. The monoisotopic (exact) mass is 553 g/mol. The molecule has 4 aromatic rings. The summed E-state index contributed by atoms with van der Waals surface area (Å²) in [5.74, 6) is -1.17. The summed E-state index contributed by atoms with van der Waals surface area (Å²) in [7, 11) is -1.45. The second-order valence-corrected chi connectivity index (χ2v) is 10.5. The number of aromatic carboxylic acids is 1. The minimum Gasteiger partial charge on any atom is -0.748 e. The number of hydrogen-bond acceptors (Lipinski definition) is 8. The lowest BCUT2D eigenvalue weighted by molar-refractivity contribution is -0.645. The fraction of sp³-hybridized carbons (Fsp3) is 0.250. The number of pyridine rings is 1. The summed E-state index contributed by atoms with van der Waals surface area (Å²) >= 11 is 0. The second-order valence-electron chi connectivity index (χ2n) is 9.02. The van der Waals surface area contributed by atoms with Crippen molar-refractivity contribution >= 4 is 43.9 Å². The number of carbonyl (C=O) groups is 2. The zero-order valence-corrected chi connectivity index (χ0v) is 22.6. The highest BCUT2D eigenvalue weighted by atomic mass is 32.2. The Morgan fingerprint density at radius 1 is 0.974 bits per heavy atom. The number of fused-ring (bicyclic) bond motifs is 2. The molecule has 1 heterocycles. The standard InChI is InChI=1S/C28H27NO9S/c1-16-13-18(27(30)31)14-17(2)26(16)38-28(32)24-20-7-5-8-23(37-4)25(20)29(11-6-12-39(33,34)35)22-10-9-19(36-3)15-21(22)24/h5,7-10,13-15H,6,11-12H2,1-4H3,(H-,30,31,33,34,35). The summed E-state index contributed by atoms with van der Waals surface area (Å²) < 4.78 is 52.6. The minimum atomic E-state index is -4.43. The predicted octanol–water partition coefficient (Wildman–Crippen LogP) is 3.77. The molecule has 0 unspecified atom stereocenters. The van der Waals surface area contributed by atoms with Crippen LogP contribution in [0.5, 0.6) is 17.2 Å². The number of ether oxygens (including phenoxy) is 3. The number of benzene rings is 3. The van der Waals surface area contributed by atoms with Crippen LogP contribution in [0.15, 0.2) is 48.5 Å². The van der Waals surface area contributed by atoms with Crippen molar-refractivity contribution in [2.45, 2.75) is 26.8 Å². The van der Waals surface area contributed by atoms with Crippen molar-refractivity contribution in [1.82, 2.24) is 0 Å². The Hall–Kier alpha value is -4.22. The first kappa shape index (κ1) is 27.8. The first-order valence-electron chi connectivity index (χ1n) is 12.0. The van der Waals surface area contributed by atoms with Gasteiger partial charge in [0.05, 0.1) is 46.2 Å². The molecule has 0 saturated carbocycles. The molecule has 11 heteroatoms. The van der Waals surface area contributed by atoms with Crippen molar-refractivity contribution in [3.63, 3.8) is 0 Å². The Labute approximate surface area is 225 Å². The van der Waals surface area contributed by atoms with E-state index in [0.717, 1.165) is 0 Å². The molecule has 10 nitrogen and oxygen atoms in total. The highest BCUT2D eigenvalue weighted by molar-refractivity contribution is 7.85. The lowest BCUT2D eigenvalue weighted by atomic mass is 10.0. The SMILES string of the molecule is COc1ccc2c(c1)c(C(=O)Oc1c(C)cc(C(=O)O)cc1C)c1cccc(OC)c1[n+]2CCCS(=O)(=O)[O-]. The number of nitrogens with zero attached hydrogens (tertiary/aromatic N) is 1. The number of rotatable bonds is 9. The Morgan fingerprint density at radius 3 is 2.26 bits per heavy atom. The van der Waals surface area contributed by atoms with Gasteiger partial charge in [-0.3, -0.25) is 0 Å². The van der Waals surface area contributed by atoms with Crippen LogP contribution < -0.4 is 18.8 Å². The van der Waals surface area contributed by atoms with Crippen molar-refractivity contribution in [3.8, 4) is 17.2 Å². The van der Waals surface area contributed by atoms with Crippen molar-refractivity contribution in [2.75, 3.05) is 20.0 Å². The van der Waals surface area contributed by atoms with Gasteiger partial charge in [-0.1, -0.05) is 6.07 Å². The van der Waals surface area contributed by atoms with Crippen LogP contribution in [-0.2, 0) is 16.7 Å². The maximum absolute atomic E-state index is 13.9. The average molecular weight is 554 g/mol. The van der Waals surface area contributed by atoms with Gasteiger partial charge in [0, 0.05) is 18.2 Å². The normalized spacial score (nSPS) is 11.5. The molecule has 3 aromatic carbocycles. The van der Waals surface area contributed by atoms with Gasteiger partial charge in [-0.05, 0) is 61.4 Å². The van der Waals surface area contributed by atoms with Crippen LogP contribution in [0.25, 0.3) is 21.8 Å². The van der Waals surface area contributed by atoms with E-state index in [1.54, 1.807) is 50.2 Å². The fourth-order valence-electron chi connectivity index (χ4n) is 4.74. The van der Waals surface area contributed by atoms with Gasteiger partial charge in [-0.25, -0.2) is 18.0 Å². The number of carboxylic acid groups (broad SMARTS) is 1. The van der Waals surface area contributed by atoms with E-state index < -0.39 is 27.8 Å². The molecule has 0 fully saturated rings. The van der Waals surface area contributed by atoms with Crippen LogP contribution >= 0.6 is 0 Å². The Balaban J connectivity index is 1.98. The molecular weight excluding hydrogens is 526 g/mol. The molecule has 0 atom stereocenters. The molecule has 0 spiro atoms. The quantitative estimate of drug-likeness (QED) is 0.108. The van der Waals surface area contributed by atoms with E-state index in [2.05, 4.69) is 0 Å². The van der Waals surface area contributed by atoms with E-state index in [-0.39, 0.29) is 29.8 Å². The molecule has 0 saturated heterocycles. The van der Waals surface area contributed by atoms with Gasteiger partial charge in [-0.15, -0.1) is 0 Å². The molecule has 204 valence electrons. The van der Waals surface area contributed by atoms with E-state index in [1.165, 1.54) is 26.4 Å². The van der Waals surface area contributed by atoms with Crippen molar-refractivity contribution in [1.29, 1.82) is 0 Å². The third-order valence-electron chi connectivity index (χ3n) is 6.40. The maximum atomic E-state index is 13.9. The average Bonchev–Trinajstić information content (AvgIpc) is 2.88. The number of aromatic nitrogens is 1. The molecule has 0 bridgehead atoms. The van der Waals surface area contributed by atoms with Crippen molar-refractivity contribution in [2.24, 2.45) is 0 Å². The van der Waals surface area contributed by atoms with Gasteiger partial charge in [0.1, 0.15) is 11.5 Å². The topological polar surface area (TPSA) is 143 Å². The number of esters is 1. The van der Waals surface area contributed by atoms with Crippen LogP contribution in [0, 0.1) is 13.8 Å². The van der Waals surface area contributed by atoms with Crippen LogP contribution in [0.2, 0.25) is 0 Å². The first-order chi connectivity index (χ1) is 18.4. The summed E-state index contributed by atoms with van der Waals surface area (Å²) in [4.78, 5) is 25.3. The maximum Gasteiger partial charge on any atom is 0.345 e. The number of methoxy groups -OCH3 is 2. The summed E-state index contributed by atoms with van der Waals surface area (Å²) in [5, 5.41) is 10.3. The lowest BCUT2D eigenvalue weighted by Crippen LogP contribution is -2.38. The number of carbonyl (C=O) groups excluding carboxylic acids is 1. The minimum absolute atomic E-state index is 0.0445. The number of carboxylic acids is 1. The number of hydrogen-bond donors (Lipinski definition) is 1. The van der Waals surface area contributed by atoms with E-state index in [1.807, 2.05) is 4.57 Å². The molecule has 0 aliphatic carbocycles. The van der Waals surface area contributed by atoms with E-state index >= 15 is 0 Å². The van der Waals surface area contributed by atoms with Crippen LogP contribution in [0.1, 0.15) is 38.3 Å². The molecule has 4 rings (SSSR count). The molecule has 0 amide bonds. The molecule has 39 heavy (non-hydrogen) atoms. The zero-order chi connectivity index (χ0) is 28.5. The number of para-hydroxylation sites is 1. The molecule has 0 radical (unpaired) electrons. The molecular formula is C28H27NO9S. The first-order valence-corrected chi connectivity index (χ1v) is 13.5. The number of aryl methyl sites for hydroxylation is 3. The van der Waals surface area contributed by atoms with Gasteiger partial charge in [0.15, 0.2) is 12.3 Å². The van der Waals surface area contributed by atoms with Crippen molar-refractivity contribution in [3.05, 3.63) is 70.8 Å². The van der Waals surface area contributed by atoms with Crippen LogP contribution in [-0.4, -0.2) is 50.0 Å². The lowest BCUT2D eigenvalue weighted by Gasteiger charge is -2.16. The van der Waals surface area contributed by atoms with E-state index in [9.17, 15) is 27.7 Å². The Kier molecular flexibility index (Phi) is 7.75. The molecule has 0 aliphatic rings.